The van der Waals surface area contributed by atoms with E-state index < -0.39 is 18.1 Å². The lowest BCUT2D eigenvalue weighted by Crippen LogP contribution is -2.63. The van der Waals surface area contributed by atoms with Crippen molar-refractivity contribution < 1.29 is 38.7 Å². The second kappa shape index (κ2) is 18.8. The summed E-state index contributed by atoms with van der Waals surface area (Å²) in [4.78, 5) is 5.82. The Labute approximate surface area is 302 Å². The van der Waals surface area contributed by atoms with Crippen molar-refractivity contribution in [3.05, 3.63) is 72.6 Å². The van der Waals surface area contributed by atoms with Crippen LogP contribution in [0.1, 0.15) is 95.2 Å². The summed E-state index contributed by atoms with van der Waals surface area (Å²) in [5, 5.41) is 33.3. The summed E-state index contributed by atoms with van der Waals surface area (Å²) in [7, 11) is 0. The van der Waals surface area contributed by atoms with Crippen molar-refractivity contribution in [1.29, 1.82) is 0 Å². The zero-order valence-electron chi connectivity index (χ0n) is 30.5. The number of allylic oxidation sites excluding steroid dienone is 1. The molecular weight excluding hydrogens is 652 g/mol. The number of nitrogens with zero attached hydrogens (tertiary/aromatic N) is 4. The Kier molecular flexibility index (Phi) is 14.3. The van der Waals surface area contributed by atoms with Crippen LogP contribution in [0.3, 0.4) is 0 Å². The number of benzene rings is 1. The van der Waals surface area contributed by atoms with Gasteiger partial charge in [0.2, 0.25) is 12.1 Å². The molecule has 1 saturated carbocycles. The molecule has 5 rings (SSSR count). The highest BCUT2D eigenvalue weighted by Gasteiger charge is 2.65. The third-order valence-electron chi connectivity index (χ3n) is 10.1. The largest absolute Gasteiger partial charge is 0.490 e. The van der Waals surface area contributed by atoms with Crippen LogP contribution >= 0.6 is 0 Å². The predicted molar refractivity (Wildman–Crippen MR) is 194 cm³/mol. The monoisotopic (exact) mass is 708 g/mol. The van der Waals surface area contributed by atoms with Crippen LogP contribution in [0.5, 0.6) is 11.5 Å². The molecule has 0 radical (unpaired) electrons. The maximum Gasteiger partial charge on any atom is 0.241 e. The van der Waals surface area contributed by atoms with Crippen molar-refractivity contribution in [2.45, 2.75) is 89.8 Å². The number of hydrogen-bond acceptors (Lipinski definition) is 11. The molecule has 1 aromatic heterocycles. The molecule has 3 aliphatic rings. The molecule has 1 fully saturated rings. The summed E-state index contributed by atoms with van der Waals surface area (Å²) >= 11 is 0. The van der Waals surface area contributed by atoms with E-state index in [0.29, 0.717) is 50.7 Å². The lowest BCUT2D eigenvalue weighted by atomic mass is 9.55. The molecule has 280 valence electrons. The van der Waals surface area contributed by atoms with Gasteiger partial charge in [0.15, 0.2) is 0 Å². The van der Waals surface area contributed by atoms with Gasteiger partial charge in [-0.1, -0.05) is 48.0 Å². The quantitative estimate of drug-likeness (QED) is 0.0608. The highest BCUT2D eigenvalue weighted by molar-refractivity contribution is 6.02. The molecule has 2 N–H and O–H groups in total. The molecule has 2 heterocycles. The first-order valence-electron chi connectivity index (χ1n) is 18.6. The normalized spacial score (nSPS) is 25.9. The van der Waals surface area contributed by atoms with Crippen LogP contribution in [-0.2, 0) is 19.0 Å². The molecule has 12 nitrogen and oxygen atoms in total. The number of aliphatic hydroxyl groups excluding tert-OH is 2. The van der Waals surface area contributed by atoms with E-state index in [1.54, 1.807) is 18.3 Å². The molecule has 0 amide bonds. The smallest absolute Gasteiger partial charge is 0.241 e. The number of aliphatic hydroxyl groups is 2. The van der Waals surface area contributed by atoms with Crippen molar-refractivity contribution in [1.82, 2.24) is 15.0 Å². The second-order valence-corrected chi connectivity index (χ2v) is 13.1. The lowest BCUT2D eigenvalue weighted by molar-refractivity contribution is -0.254. The van der Waals surface area contributed by atoms with Gasteiger partial charge in [-0.15, -0.1) is 11.7 Å². The maximum atomic E-state index is 9.84. The van der Waals surface area contributed by atoms with Crippen LogP contribution in [0.4, 0.5) is 0 Å². The summed E-state index contributed by atoms with van der Waals surface area (Å²) in [5.41, 5.74) is 3.50. The van der Waals surface area contributed by atoms with E-state index in [1.165, 1.54) is 0 Å². The molecule has 0 bridgehead atoms. The van der Waals surface area contributed by atoms with E-state index in [1.807, 2.05) is 37.6 Å². The molecule has 2 aromatic rings. The van der Waals surface area contributed by atoms with Crippen LogP contribution in [0.2, 0.25) is 0 Å². The fourth-order valence-electron chi connectivity index (χ4n) is 8.15. The first kappa shape index (κ1) is 38.7. The first-order valence-corrected chi connectivity index (χ1v) is 18.6. The molecule has 1 aromatic carbocycles. The molecule has 12 heteroatoms. The number of ether oxygens (including phenoxy) is 5. The molecule has 0 unspecified atom stereocenters. The van der Waals surface area contributed by atoms with Crippen LogP contribution in [0.25, 0.3) is 0 Å². The third-order valence-corrected chi connectivity index (χ3v) is 10.1. The minimum Gasteiger partial charge on any atom is -0.490 e. The standard InChI is InChI=1S/C39H56N4O8/c1-6-21-48-28-17-18-34-31(24-28)36-29(16-12-14-20-45)27(15-11-13-19-44)23-30-32(41-50-10-5)25-35(39(51-34,37(30)36)49-22-7-2)43-33(26-40-42-43)38(46-8-3)47-9-4/h6-7,17-18,23-24,26-27,29,35-38,44-45H,1-2,8-16,19-22,25H2,3-5H3/t27-,29+,35-,36+,37+,39+/m0/s1. The predicted octanol–water partition coefficient (Wildman–Crippen LogP) is 6.44. The molecule has 0 spiro atoms. The Bertz CT molecular complexity index is 1490. The molecule has 51 heavy (non-hydrogen) atoms. The van der Waals surface area contributed by atoms with Gasteiger partial charge in [-0.2, -0.15) is 0 Å². The van der Waals surface area contributed by atoms with Crippen LogP contribution < -0.4 is 9.47 Å². The first-order chi connectivity index (χ1) is 25.0. The maximum absolute atomic E-state index is 9.84. The van der Waals surface area contributed by atoms with E-state index >= 15 is 0 Å². The Balaban J connectivity index is 1.79. The summed E-state index contributed by atoms with van der Waals surface area (Å²) < 4.78 is 34.3. The number of rotatable bonds is 22. The van der Waals surface area contributed by atoms with Crippen molar-refractivity contribution in [2.75, 3.05) is 46.2 Å². The highest BCUT2D eigenvalue weighted by atomic mass is 16.7. The lowest BCUT2D eigenvalue weighted by Gasteiger charge is -2.58. The van der Waals surface area contributed by atoms with E-state index in [-0.39, 0.29) is 43.5 Å². The number of oxime groups is 1. The van der Waals surface area contributed by atoms with Gasteiger partial charge in [-0.05, 0) is 82.1 Å². The average molecular weight is 709 g/mol. The Hall–Kier alpha value is -3.55. The molecule has 1 aliphatic heterocycles. The van der Waals surface area contributed by atoms with Crippen LogP contribution in [-0.4, -0.2) is 83.0 Å². The van der Waals surface area contributed by atoms with E-state index in [4.69, 9.17) is 33.7 Å². The van der Waals surface area contributed by atoms with Gasteiger partial charge in [-0.3, -0.25) is 0 Å². The number of hydrogen-bond donors (Lipinski definition) is 2. The molecule has 2 aliphatic carbocycles. The van der Waals surface area contributed by atoms with Gasteiger partial charge in [0, 0.05) is 44.3 Å². The molecule has 0 saturated heterocycles. The zero-order chi connectivity index (χ0) is 36.2. The Morgan fingerprint density at radius 3 is 2.45 bits per heavy atom. The fraction of sp³-hybridized carbons (Fsp3) is 0.615. The minimum atomic E-state index is -1.27. The number of fused-ring (bicyclic) bond motifs is 2. The van der Waals surface area contributed by atoms with Gasteiger partial charge in [-0.25, -0.2) is 4.68 Å². The average Bonchev–Trinajstić information content (AvgIpc) is 3.63. The van der Waals surface area contributed by atoms with Gasteiger partial charge < -0.3 is 38.7 Å². The van der Waals surface area contributed by atoms with Crippen molar-refractivity contribution in [3.8, 4) is 11.5 Å². The Morgan fingerprint density at radius 2 is 1.76 bits per heavy atom. The SMILES string of the molecule is C=CCOc1ccc2c(c1)[C@H]1[C@H](CCCCO)[C@@H](CCCCO)C=C3C(=NOCC)C[C@H](n4nncc4C(OCC)OCC)[C@@](OCC=C)(O2)[C@H]31. The minimum absolute atomic E-state index is 0.0974. The summed E-state index contributed by atoms with van der Waals surface area (Å²) in [5.74, 6) is 0.0255. The van der Waals surface area contributed by atoms with Crippen molar-refractivity contribution in [3.63, 3.8) is 0 Å². The van der Waals surface area contributed by atoms with Crippen LogP contribution in [0.15, 0.2) is 66.5 Å². The van der Waals surface area contributed by atoms with E-state index in [9.17, 15) is 10.2 Å². The molecular formula is C39H56N4O8. The Morgan fingerprint density at radius 1 is 1.02 bits per heavy atom. The fourth-order valence-corrected chi connectivity index (χ4v) is 8.15. The summed E-state index contributed by atoms with van der Waals surface area (Å²) in [6, 6.07) is 5.43. The van der Waals surface area contributed by atoms with Crippen molar-refractivity contribution in [2.24, 2.45) is 22.9 Å². The number of unbranched alkanes of at least 4 members (excludes halogenated alkanes) is 2. The van der Waals surface area contributed by atoms with E-state index in [2.05, 4.69) is 35.6 Å². The highest BCUT2D eigenvalue weighted by Crippen LogP contribution is 2.63. The van der Waals surface area contributed by atoms with Gasteiger partial charge in [0.05, 0.1) is 24.4 Å². The van der Waals surface area contributed by atoms with E-state index in [0.717, 1.165) is 54.7 Å². The van der Waals surface area contributed by atoms with Gasteiger partial charge in [0.25, 0.3) is 0 Å². The molecule has 6 atom stereocenters. The summed E-state index contributed by atoms with van der Waals surface area (Å²) in [6.07, 6.45) is 12.1. The topological polar surface area (TPSA) is 139 Å². The van der Waals surface area contributed by atoms with Crippen LogP contribution in [0, 0.1) is 17.8 Å². The zero-order valence-corrected chi connectivity index (χ0v) is 30.5. The van der Waals surface area contributed by atoms with Gasteiger partial charge in [0.1, 0.15) is 36.4 Å². The number of aromatic nitrogens is 3. The second-order valence-electron chi connectivity index (χ2n) is 13.1. The summed E-state index contributed by atoms with van der Waals surface area (Å²) in [6.45, 7) is 15.8. The van der Waals surface area contributed by atoms with Crippen molar-refractivity contribution >= 4 is 5.71 Å². The third kappa shape index (κ3) is 8.25. The van der Waals surface area contributed by atoms with Gasteiger partial charge >= 0.3 is 0 Å².